The third-order valence-corrected chi connectivity index (χ3v) is 4.83. The lowest BCUT2D eigenvalue weighted by atomic mass is 10.1. The number of rotatable bonds is 8. The molecular formula is C21H37FIN5. The average Bonchev–Trinajstić information content (AvgIpc) is 2.64. The van der Waals surface area contributed by atoms with E-state index in [0.717, 1.165) is 44.0 Å². The van der Waals surface area contributed by atoms with E-state index < -0.39 is 0 Å². The summed E-state index contributed by atoms with van der Waals surface area (Å²) in [6.45, 7) is 9.78. The Bertz CT molecular complexity index is 600. The molecule has 1 aliphatic heterocycles. The molecule has 0 amide bonds. The van der Waals surface area contributed by atoms with E-state index in [2.05, 4.69) is 29.4 Å². The first-order valence-corrected chi connectivity index (χ1v) is 10.2. The van der Waals surface area contributed by atoms with Crippen molar-refractivity contribution in [2.24, 2.45) is 4.99 Å². The third kappa shape index (κ3) is 8.61. The molecule has 2 N–H and O–H groups in total. The van der Waals surface area contributed by atoms with Crippen LogP contribution in [0, 0.1) is 5.82 Å². The highest BCUT2D eigenvalue weighted by Crippen LogP contribution is 2.14. The first-order valence-electron chi connectivity index (χ1n) is 10.2. The molecule has 0 radical (unpaired) electrons. The third-order valence-electron chi connectivity index (χ3n) is 4.83. The van der Waals surface area contributed by atoms with Crippen LogP contribution < -0.4 is 10.6 Å². The van der Waals surface area contributed by atoms with Crippen LogP contribution in [-0.4, -0.2) is 62.1 Å². The summed E-state index contributed by atoms with van der Waals surface area (Å²) in [6.07, 6.45) is 3.51. The largest absolute Gasteiger partial charge is 0.357 e. The van der Waals surface area contributed by atoms with Crippen molar-refractivity contribution in [2.45, 2.75) is 52.2 Å². The van der Waals surface area contributed by atoms with Crippen molar-refractivity contribution in [3.8, 4) is 0 Å². The molecule has 0 saturated carbocycles. The fourth-order valence-corrected chi connectivity index (χ4v) is 3.49. The number of aliphatic imine (C=N–C) groups is 1. The quantitative estimate of drug-likeness (QED) is 0.323. The maximum absolute atomic E-state index is 14.0. The number of hydrogen-bond donors (Lipinski definition) is 2. The molecule has 0 bridgehead atoms. The maximum atomic E-state index is 14.0. The Morgan fingerprint density at radius 3 is 2.57 bits per heavy atom. The van der Waals surface area contributed by atoms with Gasteiger partial charge in [-0.05, 0) is 64.5 Å². The van der Waals surface area contributed by atoms with Crippen molar-refractivity contribution >= 4 is 29.9 Å². The van der Waals surface area contributed by atoms with Crippen molar-refractivity contribution in [2.75, 3.05) is 40.3 Å². The van der Waals surface area contributed by atoms with Gasteiger partial charge in [-0.2, -0.15) is 0 Å². The van der Waals surface area contributed by atoms with Gasteiger partial charge in [0.1, 0.15) is 5.82 Å². The molecule has 0 unspecified atom stereocenters. The number of guanidine groups is 1. The molecule has 160 valence electrons. The highest BCUT2D eigenvalue weighted by Gasteiger charge is 2.19. The van der Waals surface area contributed by atoms with E-state index in [0.29, 0.717) is 24.7 Å². The standard InChI is InChI=1S/C21H36FN5.HI/c1-5-11-27-12-9-19(10-13-27)25-21(23-6-2)24-15-17-7-8-20(22)18(14-17)16-26(3)4;/h7-8,14,19H,5-6,9-13,15-16H2,1-4H3,(H2,23,24,25);1H. The second-order valence-electron chi connectivity index (χ2n) is 7.62. The number of nitrogens with one attached hydrogen (secondary N) is 2. The summed E-state index contributed by atoms with van der Waals surface area (Å²) in [7, 11) is 3.90. The zero-order valence-corrected chi connectivity index (χ0v) is 20.1. The Morgan fingerprint density at radius 1 is 1.25 bits per heavy atom. The summed E-state index contributed by atoms with van der Waals surface area (Å²) in [5, 5.41) is 6.92. The first-order chi connectivity index (χ1) is 13.0. The van der Waals surface area contributed by atoms with Gasteiger partial charge in [-0.3, -0.25) is 0 Å². The molecule has 7 heteroatoms. The molecule has 1 aliphatic rings. The zero-order valence-electron chi connectivity index (χ0n) is 17.8. The van der Waals surface area contributed by atoms with Gasteiger partial charge in [0.2, 0.25) is 0 Å². The van der Waals surface area contributed by atoms with Gasteiger partial charge >= 0.3 is 0 Å². The van der Waals surface area contributed by atoms with Gasteiger partial charge in [-0.15, -0.1) is 24.0 Å². The Morgan fingerprint density at radius 2 is 1.96 bits per heavy atom. The van der Waals surface area contributed by atoms with Gasteiger partial charge in [-0.25, -0.2) is 9.38 Å². The Labute approximate surface area is 187 Å². The minimum Gasteiger partial charge on any atom is -0.357 e. The van der Waals surface area contributed by atoms with Gasteiger partial charge in [0.25, 0.3) is 0 Å². The van der Waals surface area contributed by atoms with E-state index in [9.17, 15) is 4.39 Å². The Balaban J connectivity index is 0.00000392. The van der Waals surface area contributed by atoms with Crippen LogP contribution in [0.1, 0.15) is 44.2 Å². The molecule has 5 nitrogen and oxygen atoms in total. The van der Waals surface area contributed by atoms with E-state index in [4.69, 9.17) is 4.99 Å². The van der Waals surface area contributed by atoms with Crippen molar-refractivity contribution in [3.05, 3.63) is 35.1 Å². The second kappa shape index (κ2) is 13.3. The number of nitrogens with zero attached hydrogens (tertiary/aromatic N) is 3. The van der Waals surface area contributed by atoms with Crippen LogP contribution in [0.5, 0.6) is 0 Å². The molecule has 1 aromatic carbocycles. The second-order valence-corrected chi connectivity index (χ2v) is 7.62. The highest BCUT2D eigenvalue weighted by atomic mass is 127. The van der Waals surface area contributed by atoms with Gasteiger partial charge in [0.05, 0.1) is 6.54 Å². The summed E-state index contributed by atoms with van der Waals surface area (Å²) in [5.41, 5.74) is 1.75. The fourth-order valence-electron chi connectivity index (χ4n) is 3.49. The summed E-state index contributed by atoms with van der Waals surface area (Å²) in [6, 6.07) is 5.76. The number of halogens is 2. The van der Waals surface area contributed by atoms with Crippen LogP contribution in [-0.2, 0) is 13.1 Å². The van der Waals surface area contributed by atoms with Gasteiger partial charge < -0.3 is 20.4 Å². The molecular weight excluding hydrogens is 468 g/mol. The lowest BCUT2D eigenvalue weighted by molar-refractivity contribution is 0.206. The van der Waals surface area contributed by atoms with E-state index in [1.54, 1.807) is 6.07 Å². The molecule has 0 aliphatic carbocycles. The summed E-state index contributed by atoms with van der Waals surface area (Å²) < 4.78 is 14.0. The predicted octanol–water partition coefficient (Wildman–Crippen LogP) is 3.43. The van der Waals surface area contributed by atoms with Crippen molar-refractivity contribution in [1.29, 1.82) is 0 Å². The molecule has 28 heavy (non-hydrogen) atoms. The highest BCUT2D eigenvalue weighted by molar-refractivity contribution is 14.0. The van der Waals surface area contributed by atoms with E-state index >= 15 is 0 Å². The van der Waals surface area contributed by atoms with Crippen LogP contribution in [0.15, 0.2) is 23.2 Å². The van der Waals surface area contributed by atoms with Crippen LogP contribution in [0.2, 0.25) is 0 Å². The molecule has 0 atom stereocenters. The summed E-state index contributed by atoms with van der Waals surface area (Å²) >= 11 is 0. The average molecular weight is 505 g/mol. The molecule has 0 aromatic heterocycles. The zero-order chi connectivity index (χ0) is 19.6. The monoisotopic (exact) mass is 505 g/mol. The number of likely N-dealkylation sites (tertiary alicyclic amines) is 1. The number of piperidine rings is 1. The molecule has 1 heterocycles. The predicted molar refractivity (Wildman–Crippen MR) is 127 cm³/mol. The topological polar surface area (TPSA) is 42.9 Å². The Hall–Kier alpha value is -0.930. The molecule has 0 spiro atoms. The van der Waals surface area contributed by atoms with Crippen LogP contribution in [0.25, 0.3) is 0 Å². The molecule has 2 rings (SSSR count). The van der Waals surface area contributed by atoms with Gasteiger partial charge in [0, 0.05) is 37.8 Å². The van der Waals surface area contributed by atoms with Crippen LogP contribution in [0.4, 0.5) is 4.39 Å². The SMILES string of the molecule is CCCN1CCC(NC(=NCc2ccc(F)c(CN(C)C)c2)NCC)CC1.I. The lowest BCUT2D eigenvalue weighted by Crippen LogP contribution is -2.48. The molecule has 1 aromatic rings. The number of hydrogen-bond acceptors (Lipinski definition) is 3. The van der Waals surface area contributed by atoms with Crippen LogP contribution in [0.3, 0.4) is 0 Å². The summed E-state index contributed by atoms with van der Waals surface area (Å²) in [4.78, 5) is 9.24. The maximum Gasteiger partial charge on any atom is 0.191 e. The van der Waals surface area contributed by atoms with Crippen molar-refractivity contribution in [1.82, 2.24) is 20.4 Å². The number of benzene rings is 1. The minimum atomic E-state index is -0.152. The fraction of sp³-hybridized carbons (Fsp3) is 0.667. The molecule has 1 fully saturated rings. The Kier molecular flexibility index (Phi) is 11.9. The van der Waals surface area contributed by atoms with E-state index in [1.807, 2.05) is 31.1 Å². The normalized spacial score (nSPS) is 16.1. The van der Waals surface area contributed by atoms with Crippen molar-refractivity contribution in [3.63, 3.8) is 0 Å². The lowest BCUT2D eigenvalue weighted by Gasteiger charge is -2.32. The van der Waals surface area contributed by atoms with E-state index in [1.165, 1.54) is 13.0 Å². The molecule has 1 saturated heterocycles. The van der Waals surface area contributed by atoms with E-state index in [-0.39, 0.29) is 29.8 Å². The smallest absolute Gasteiger partial charge is 0.191 e. The van der Waals surface area contributed by atoms with Crippen molar-refractivity contribution < 1.29 is 4.39 Å². The first kappa shape index (κ1) is 25.1. The van der Waals surface area contributed by atoms with Gasteiger partial charge in [0.15, 0.2) is 5.96 Å². The minimum absolute atomic E-state index is 0. The summed E-state index contributed by atoms with van der Waals surface area (Å²) in [5.74, 6) is 0.699. The van der Waals surface area contributed by atoms with Gasteiger partial charge in [-0.1, -0.05) is 13.0 Å². The van der Waals surface area contributed by atoms with Crippen LogP contribution >= 0.6 is 24.0 Å².